The number of carbonyl (C=O) groups is 2. The number of amides is 1. The van der Waals surface area contributed by atoms with E-state index in [9.17, 15) is 9.59 Å². The van der Waals surface area contributed by atoms with E-state index in [0.717, 1.165) is 18.3 Å². The van der Waals surface area contributed by atoms with Gasteiger partial charge in [0.15, 0.2) is 0 Å². The van der Waals surface area contributed by atoms with E-state index < -0.39 is 0 Å². The largest absolute Gasteiger partial charge is 0.496 e. The first kappa shape index (κ1) is 18.2. The fourth-order valence-electron chi connectivity index (χ4n) is 3.79. The number of benzene rings is 2. The summed E-state index contributed by atoms with van der Waals surface area (Å²) in [5.74, 6) is 0.538. The average molecular weight is 351 g/mol. The van der Waals surface area contributed by atoms with Crippen molar-refractivity contribution in [3.8, 4) is 5.75 Å². The molecule has 4 nitrogen and oxygen atoms in total. The quantitative estimate of drug-likeness (QED) is 0.772. The minimum Gasteiger partial charge on any atom is -0.496 e. The second-order valence-corrected chi connectivity index (χ2v) is 7.13. The van der Waals surface area contributed by atoms with Crippen molar-refractivity contribution in [2.24, 2.45) is 0 Å². The molecule has 2 aromatic rings. The highest BCUT2D eigenvalue weighted by molar-refractivity contribution is 5.97. The van der Waals surface area contributed by atoms with E-state index in [-0.39, 0.29) is 11.3 Å². The molecule has 1 saturated heterocycles. The van der Waals surface area contributed by atoms with Crippen molar-refractivity contribution >= 4 is 12.2 Å². The Labute approximate surface area is 154 Å². The molecule has 1 heterocycles. The van der Waals surface area contributed by atoms with E-state index in [0.29, 0.717) is 30.8 Å². The smallest absolute Gasteiger partial charge is 0.257 e. The number of methoxy groups -OCH3 is 1. The van der Waals surface area contributed by atoms with Crippen molar-refractivity contribution in [1.29, 1.82) is 0 Å². The summed E-state index contributed by atoms with van der Waals surface area (Å²) in [6.45, 7) is 5.35. The van der Waals surface area contributed by atoms with Gasteiger partial charge < -0.3 is 14.4 Å². The van der Waals surface area contributed by atoms with Gasteiger partial charge in [-0.05, 0) is 49.1 Å². The van der Waals surface area contributed by atoms with Gasteiger partial charge in [0.25, 0.3) is 5.91 Å². The molecule has 3 rings (SSSR count). The van der Waals surface area contributed by atoms with Crippen LogP contribution in [0.4, 0.5) is 0 Å². The minimum atomic E-state index is -0.308. The second-order valence-electron chi connectivity index (χ2n) is 7.13. The minimum absolute atomic E-state index is 0.0425. The van der Waals surface area contributed by atoms with E-state index in [4.69, 9.17) is 4.74 Å². The summed E-state index contributed by atoms with van der Waals surface area (Å²) in [6, 6.07) is 13.6. The number of rotatable bonds is 5. The summed E-state index contributed by atoms with van der Waals surface area (Å²) in [5, 5.41) is 0. The lowest BCUT2D eigenvalue weighted by Crippen LogP contribution is -2.35. The predicted octanol–water partition coefficient (Wildman–Crippen LogP) is 3.68. The summed E-state index contributed by atoms with van der Waals surface area (Å²) in [7, 11) is 1.57. The maximum Gasteiger partial charge on any atom is 0.257 e. The summed E-state index contributed by atoms with van der Waals surface area (Å²) in [5.41, 5.74) is 3.84. The van der Waals surface area contributed by atoms with Crippen LogP contribution < -0.4 is 4.74 Å². The van der Waals surface area contributed by atoms with Crippen molar-refractivity contribution in [3.63, 3.8) is 0 Å². The molecule has 0 bridgehead atoms. The van der Waals surface area contributed by atoms with Crippen LogP contribution in [0.3, 0.4) is 0 Å². The first-order chi connectivity index (χ1) is 12.5. The van der Waals surface area contributed by atoms with E-state index in [1.807, 2.05) is 17.0 Å². The zero-order valence-corrected chi connectivity index (χ0v) is 15.6. The van der Waals surface area contributed by atoms with Gasteiger partial charge in [-0.25, -0.2) is 0 Å². The molecular formula is C22H25NO3. The van der Waals surface area contributed by atoms with Gasteiger partial charge in [0.1, 0.15) is 12.0 Å². The van der Waals surface area contributed by atoms with Crippen LogP contribution in [0.1, 0.15) is 39.9 Å². The van der Waals surface area contributed by atoms with Gasteiger partial charge in [0.2, 0.25) is 0 Å². The number of hydrogen-bond donors (Lipinski definition) is 0. The summed E-state index contributed by atoms with van der Waals surface area (Å²) >= 11 is 0. The van der Waals surface area contributed by atoms with Crippen molar-refractivity contribution in [2.75, 3.05) is 20.2 Å². The lowest BCUT2D eigenvalue weighted by molar-refractivity contribution is -0.108. The van der Waals surface area contributed by atoms with Crippen molar-refractivity contribution in [1.82, 2.24) is 4.90 Å². The highest BCUT2D eigenvalue weighted by Crippen LogP contribution is 2.39. The lowest BCUT2D eigenvalue weighted by Gasteiger charge is -2.29. The van der Waals surface area contributed by atoms with Crippen LogP contribution >= 0.6 is 0 Å². The molecule has 1 unspecified atom stereocenters. The van der Waals surface area contributed by atoms with Gasteiger partial charge in [-0.2, -0.15) is 0 Å². The Morgan fingerprint density at radius 3 is 2.65 bits per heavy atom. The first-order valence-corrected chi connectivity index (χ1v) is 8.94. The molecule has 136 valence electrons. The highest BCUT2D eigenvalue weighted by Gasteiger charge is 2.41. The number of ether oxygens (including phenoxy) is 1. The third-order valence-corrected chi connectivity index (χ3v) is 5.57. The Hall–Kier alpha value is -2.62. The molecular weight excluding hydrogens is 326 g/mol. The molecule has 0 aliphatic carbocycles. The molecule has 0 N–H and O–H groups in total. The Morgan fingerprint density at radius 2 is 1.96 bits per heavy atom. The molecule has 1 fully saturated rings. The molecule has 1 aliphatic heterocycles. The Kier molecular flexibility index (Phi) is 5.12. The third kappa shape index (κ3) is 3.24. The maximum atomic E-state index is 13.0. The molecule has 1 atom stereocenters. The second kappa shape index (κ2) is 7.32. The molecule has 2 aromatic carbocycles. The van der Waals surface area contributed by atoms with Gasteiger partial charge in [-0.1, -0.05) is 30.3 Å². The Morgan fingerprint density at radius 1 is 1.19 bits per heavy atom. The topological polar surface area (TPSA) is 46.6 Å². The first-order valence-electron chi connectivity index (χ1n) is 8.94. The molecule has 0 saturated carbocycles. The fraction of sp³-hybridized carbons (Fsp3) is 0.364. The van der Waals surface area contributed by atoms with E-state index in [2.05, 4.69) is 32.0 Å². The zero-order valence-electron chi connectivity index (χ0n) is 15.6. The molecule has 1 amide bonds. The SMILES string of the molecule is COc1ccccc1C(=O)N1CCC(CC=O)(c2ccc(C)c(C)c2)C1. The normalized spacial score (nSPS) is 19.4. The van der Waals surface area contributed by atoms with Gasteiger partial charge >= 0.3 is 0 Å². The molecule has 0 spiro atoms. The number of para-hydroxylation sites is 1. The van der Waals surface area contributed by atoms with Crippen molar-refractivity contribution in [2.45, 2.75) is 32.1 Å². The van der Waals surface area contributed by atoms with E-state index in [1.54, 1.807) is 19.2 Å². The monoisotopic (exact) mass is 351 g/mol. The van der Waals surface area contributed by atoms with E-state index in [1.165, 1.54) is 11.1 Å². The number of nitrogens with zero attached hydrogens (tertiary/aromatic N) is 1. The molecule has 0 radical (unpaired) electrons. The molecule has 4 heteroatoms. The van der Waals surface area contributed by atoms with Crippen LogP contribution in [-0.4, -0.2) is 37.3 Å². The van der Waals surface area contributed by atoms with Gasteiger partial charge in [-0.3, -0.25) is 4.79 Å². The van der Waals surface area contributed by atoms with Crippen LogP contribution in [0.2, 0.25) is 0 Å². The summed E-state index contributed by atoms with van der Waals surface area (Å²) in [4.78, 5) is 26.3. The average Bonchev–Trinajstić information content (AvgIpc) is 3.09. The Bertz CT molecular complexity index is 830. The van der Waals surface area contributed by atoms with Crippen molar-refractivity contribution in [3.05, 3.63) is 64.7 Å². The van der Waals surface area contributed by atoms with Crippen LogP contribution in [0.15, 0.2) is 42.5 Å². The number of hydrogen-bond acceptors (Lipinski definition) is 3. The van der Waals surface area contributed by atoms with Gasteiger partial charge in [0, 0.05) is 24.9 Å². The number of carbonyl (C=O) groups excluding carboxylic acids is 2. The third-order valence-electron chi connectivity index (χ3n) is 5.57. The van der Waals surface area contributed by atoms with E-state index >= 15 is 0 Å². The predicted molar refractivity (Wildman–Crippen MR) is 102 cm³/mol. The number of likely N-dealkylation sites (tertiary alicyclic amines) is 1. The van der Waals surface area contributed by atoms with Crippen molar-refractivity contribution < 1.29 is 14.3 Å². The van der Waals surface area contributed by atoms with Crippen LogP contribution in [0.5, 0.6) is 5.75 Å². The Balaban J connectivity index is 1.91. The van der Waals surface area contributed by atoms with Gasteiger partial charge in [-0.15, -0.1) is 0 Å². The summed E-state index contributed by atoms with van der Waals surface area (Å²) < 4.78 is 5.34. The maximum absolute atomic E-state index is 13.0. The van der Waals surface area contributed by atoms with Crippen LogP contribution in [-0.2, 0) is 10.2 Å². The fourth-order valence-corrected chi connectivity index (χ4v) is 3.79. The molecule has 1 aliphatic rings. The number of aryl methyl sites for hydroxylation is 2. The lowest BCUT2D eigenvalue weighted by atomic mass is 9.76. The standard InChI is InChI=1S/C22H25NO3/c1-16-8-9-18(14-17(16)2)22(11-13-24)10-12-23(15-22)21(25)19-6-4-5-7-20(19)26-3/h4-9,13-14H,10-12,15H2,1-3H3. The summed E-state index contributed by atoms with van der Waals surface area (Å²) in [6.07, 6.45) is 2.19. The number of aldehydes is 1. The highest BCUT2D eigenvalue weighted by atomic mass is 16.5. The molecule has 26 heavy (non-hydrogen) atoms. The zero-order chi connectivity index (χ0) is 18.7. The van der Waals surface area contributed by atoms with Gasteiger partial charge in [0.05, 0.1) is 12.7 Å². The van der Waals surface area contributed by atoms with Crippen LogP contribution in [0.25, 0.3) is 0 Å². The van der Waals surface area contributed by atoms with Crippen LogP contribution in [0, 0.1) is 13.8 Å². The molecule has 0 aromatic heterocycles.